The molecule has 0 aliphatic carbocycles. The highest BCUT2D eigenvalue weighted by molar-refractivity contribution is 6.30. The van der Waals surface area contributed by atoms with Crippen LogP contribution in [-0.4, -0.2) is 36.8 Å². The number of amides is 4. The molecule has 0 heterocycles. The molecule has 0 saturated carbocycles. The molecule has 0 radical (unpaired) electrons. The van der Waals surface area contributed by atoms with Crippen molar-refractivity contribution in [2.45, 2.75) is 44.9 Å². The average Bonchev–Trinajstić information content (AvgIpc) is 2.89. The van der Waals surface area contributed by atoms with Crippen LogP contribution in [0.25, 0.3) is 0 Å². The fourth-order valence-corrected chi connectivity index (χ4v) is 3.19. The number of carbonyl (C=O) groups is 4. The Morgan fingerprint density at radius 3 is 1.22 bits per heavy atom. The number of carbonyl (C=O) groups excluding carboxylic acids is 4. The summed E-state index contributed by atoms with van der Waals surface area (Å²) in [4.78, 5) is 47.1. The van der Waals surface area contributed by atoms with E-state index in [1.807, 2.05) is 0 Å². The van der Waals surface area contributed by atoms with Crippen LogP contribution in [0.3, 0.4) is 0 Å². The number of hydrogen-bond donors (Lipinski definition) is 4. The van der Waals surface area contributed by atoms with Crippen LogP contribution in [0, 0.1) is 0 Å². The molecular weight excluding hydrogens is 523 g/mol. The number of rotatable bonds is 14. The van der Waals surface area contributed by atoms with E-state index in [1.54, 1.807) is 48.5 Å². The molecule has 37 heavy (non-hydrogen) atoms. The third kappa shape index (κ3) is 14.0. The normalized spacial score (nSPS) is 10.2. The Labute approximate surface area is 225 Å². The summed E-state index contributed by atoms with van der Waals surface area (Å²) in [5, 5.41) is 1.13. The van der Waals surface area contributed by atoms with Gasteiger partial charge in [-0.15, -0.1) is 0 Å². The van der Waals surface area contributed by atoms with Gasteiger partial charge in [-0.1, -0.05) is 42.5 Å². The highest BCUT2D eigenvalue weighted by Gasteiger charge is 2.07. The molecule has 0 unspecified atom stereocenters. The van der Waals surface area contributed by atoms with Gasteiger partial charge in [0.05, 0.1) is 0 Å². The highest BCUT2D eigenvalue weighted by atomic mass is 35.5. The van der Waals surface area contributed by atoms with Crippen LogP contribution in [0.4, 0.5) is 0 Å². The topological polar surface area (TPSA) is 135 Å². The maximum absolute atomic E-state index is 11.8. The Hall–Kier alpha value is -3.50. The zero-order chi connectivity index (χ0) is 26.9. The van der Waals surface area contributed by atoms with Crippen molar-refractivity contribution in [1.82, 2.24) is 21.7 Å². The summed E-state index contributed by atoms with van der Waals surface area (Å²) in [6.45, 7) is -0.479. The number of benzene rings is 2. The van der Waals surface area contributed by atoms with Crippen LogP contribution in [0.5, 0.6) is 11.5 Å². The van der Waals surface area contributed by atoms with Crippen molar-refractivity contribution < 1.29 is 28.7 Å². The predicted octanol–water partition coefficient (Wildman–Crippen LogP) is 3.48. The van der Waals surface area contributed by atoms with E-state index in [0.717, 1.165) is 19.3 Å². The van der Waals surface area contributed by atoms with Crippen LogP contribution in [-0.2, 0) is 19.2 Å². The van der Waals surface area contributed by atoms with Crippen molar-refractivity contribution in [3.05, 3.63) is 58.6 Å². The molecule has 0 atom stereocenters. The molecule has 0 aromatic heterocycles. The molecule has 2 aromatic rings. The van der Waals surface area contributed by atoms with E-state index in [-0.39, 0.29) is 37.9 Å². The smallest absolute Gasteiger partial charge is 0.276 e. The molecule has 2 rings (SSSR count). The third-order valence-corrected chi connectivity index (χ3v) is 5.36. The van der Waals surface area contributed by atoms with Crippen LogP contribution < -0.4 is 31.2 Å². The van der Waals surface area contributed by atoms with Gasteiger partial charge in [0.1, 0.15) is 11.5 Å². The predicted molar refractivity (Wildman–Crippen MR) is 139 cm³/mol. The first-order chi connectivity index (χ1) is 17.8. The summed E-state index contributed by atoms with van der Waals surface area (Å²) in [6, 6.07) is 13.1. The molecule has 0 saturated heterocycles. The van der Waals surface area contributed by atoms with Gasteiger partial charge < -0.3 is 9.47 Å². The zero-order valence-electron chi connectivity index (χ0n) is 20.2. The summed E-state index contributed by atoms with van der Waals surface area (Å²) in [7, 11) is 0. The number of nitrogens with one attached hydrogen (secondary N) is 4. The van der Waals surface area contributed by atoms with Gasteiger partial charge >= 0.3 is 0 Å². The lowest BCUT2D eigenvalue weighted by molar-refractivity contribution is -0.130. The quantitative estimate of drug-likeness (QED) is 0.209. The number of halogens is 2. The van der Waals surface area contributed by atoms with E-state index in [4.69, 9.17) is 32.7 Å². The summed E-state index contributed by atoms with van der Waals surface area (Å²) in [6.07, 6.45) is 4.30. The molecular formula is C25H30Cl2N4O6. The van der Waals surface area contributed by atoms with Crippen molar-refractivity contribution in [3.63, 3.8) is 0 Å². The number of hydrazine groups is 2. The molecule has 4 N–H and O–H groups in total. The molecule has 0 fully saturated rings. The van der Waals surface area contributed by atoms with Gasteiger partial charge in [-0.25, -0.2) is 0 Å². The van der Waals surface area contributed by atoms with Gasteiger partial charge in [0.25, 0.3) is 11.8 Å². The largest absolute Gasteiger partial charge is 0.484 e. The van der Waals surface area contributed by atoms with Crippen LogP contribution in [0.1, 0.15) is 44.9 Å². The van der Waals surface area contributed by atoms with Crippen molar-refractivity contribution in [2.24, 2.45) is 0 Å². The van der Waals surface area contributed by atoms with Crippen molar-refractivity contribution in [2.75, 3.05) is 13.2 Å². The third-order valence-electron chi connectivity index (χ3n) is 4.86. The molecule has 2 aromatic carbocycles. The van der Waals surface area contributed by atoms with Crippen LogP contribution >= 0.6 is 23.2 Å². The van der Waals surface area contributed by atoms with Gasteiger partial charge in [-0.05, 0) is 61.4 Å². The molecule has 10 nitrogen and oxygen atoms in total. The second kappa shape index (κ2) is 17.0. The Kier molecular flexibility index (Phi) is 13.7. The monoisotopic (exact) mass is 552 g/mol. The fraction of sp³-hybridized carbons (Fsp3) is 0.360. The van der Waals surface area contributed by atoms with Crippen LogP contribution in [0.2, 0.25) is 10.0 Å². The number of ether oxygens (including phenoxy) is 2. The first kappa shape index (κ1) is 29.7. The maximum atomic E-state index is 11.8. The number of unbranched alkanes of at least 4 members (excludes halogenated alkanes) is 4. The molecule has 12 heteroatoms. The minimum Gasteiger partial charge on any atom is -0.484 e. The average molecular weight is 553 g/mol. The van der Waals surface area contributed by atoms with E-state index in [9.17, 15) is 19.2 Å². The minimum atomic E-state index is -0.480. The Balaban J connectivity index is 1.41. The zero-order valence-corrected chi connectivity index (χ0v) is 21.7. The van der Waals surface area contributed by atoms with Crippen molar-refractivity contribution in [3.8, 4) is 11.5 Å². The lowest BCUT2D eigenvalue weighted by Gasteiger charge is -2.09. The van der Waals surface area contributed by atoms with E-state index < -0.39 is 11.8 Å². The summed E-state index contributed by atoms with van der Waals surface area (Å²) in [5.41, 5.74) is 9.29. The molecule has 200 valence electrons. The first-order valence-electron chi connectivity index (χ1n) is 11.7. The molecule has 0 spiro atoms. The molecule has 0 aliphatic rings. The van der Waals surface area contributed by atoms with E-state index >= 15 is 0 Å². The lowest BCUT2D eigenvalue weighted by atomic mass is 10.1. The summed E-state index contributed by atoms with van der Waals surface area (Å²) < 4.78 is 10.6. The summed E-state index contributed by atoms with van der Waals surface area (Å²) in [5.74, 6) is -0.565. The van der Waals surface area contributed by atoms with Crippen molar-refractivity contribution >= 4 is 46.8 Å². The molecule has 0 aliphatic heterocycles. The maximum Gasteiger partial charge on any atom is 0.276 e. The van der Waals surface area contributed by atoms with Crippen molar-refractivity contribution in [1.29, 1.82) is 0 Å². The van der Waals surface area contributed by atoms with Gasteiger partial charge in [-0.3, -0.25) is 40.9 Å². The van der Waals surface area contributed by atoms with Gasteiger partial charge in [0.15, 0.2) is 13.2 Å². The molecule has 4 amide bonds. The fourth-order valence-electron chi connectivity index (χ4n) is 2.94. The SMILES string of the molecule is O=C(CCCCCCCC(=O)NNC(=O)COc1ccc(Cl)cc1)NNC(=O)COc1ccc(Cl)cc1. The lowest BCUT2D eigenvalue weighted by Crippen LogP contribution is -2.43. The van der Waals surface area contributed by atoms with Gasteiger partial charge in [0, 0.05) is 22.9 Å². The van der Waals surface area contributed by atoms with Gasteiger partial charge in [-0.2, -0.15) is 0 Å². The van der Waals surface area contributed by atoms with E-state index in [1.165, 1.54) is 0 Å². The Morgan fingerprint density at radius 1 is 0.514 bits per heavy atom. The second-order valence-corrected chi connectivity index (χ2v) is 8.82. The Morgan fingerprint density at radius 2 is 0.838 bits per heavy atom. The minimum absolute atomic E-state index is 0.240. The van der Waals surface area contributed by atoms with E-state index in [2.05, 4.69) is 21.7 Å². The van der Waals surface area contributed by atoms with Crippen LogP contribution in [0.15, 0.2) is 48.5 Å². The standard InChI is InChI=1S/C25H30Cl2N4O6/c26-18-8-12-20(13-9-18)36-16-24(34)30-28-22(32)6-4-2-1-3-5-7-23(33)29-31-25(35)17-37-21-14-10-19(27)11-15-21/h8-15H,1-7,16-17H2,(H,28,32)(H,29,33)(H,30,34)(H,31,35). The highest BCUT2D eigenvalue weighted by Crippen LogP contribution is 2.16. The molecule has 0 bridgehead atoms. The van der Waals surface area contributed by atoms with Gasteiger partial charge in [0.2, 0.25) is 11.8 Å². The Bertz CT molecular complexity index is 937. The number of hydrogen-bond acceptors (Lipinski definition) is 6. The second-order valence-electron chi connectivity index (χ2n) is 7.95. The summed E-state index contributed by atoms with van der Waals surface area (Å²) >= 11 is 11.6. The van der Waals surface area contributed by atoms with E-state index in [0.29, 0.717) is 34.4 Å². The first-order valence-corrected chi connectivity index (χ1v) is 12.5.